The highest BCUT2D eigenvalue weighted by Gasteiger charge is 2.18. The number of aromatic carboxylic acids is 1. The van der Waals surface area contributed by atoms with Crippen LogP contribution < -0.4 is 10.6 Å². The SMILES string of the molecule is CC(C)C(CNC(=O)Nc1cccc(C(=O)O)c1)C(C)C. The second-order valence-electron chi connectivity index (χ2n) is 5.87. The Bertz CT molecular complexity index is 490. The maximum Gasteiger partial charge on any atom is 0.335 e. The lowest BCUT2D eigenvalue weighted by Gasteiger charge is -2.25. The Morgan fingerprint density at radius 3 is 2.29 bits per heavy atom. The summed E-state index contributed by atoms with van der Waals surface area (Å²) in [5.41, 5.74) is 0.619. The lowest BCUT2D eigenvalue weighted by atomic mass is 9.85. The number of carboxylic acids is 1. The third kappa shape index (κ3) is 5.45. The summed E-state index contributed by atoms with van der Waals surface area (Å²) in [6, 6.07) is 5.87. The molecular formula is C16H24N2O3. The van der Waals surface area contributed by atoms with Crippen LogP contribution in [0.5, 0.6) is 0 Å². The van der Waals surface area contributed by atoms with Crippen LogP contribution in [0.3, 0.4) is 0 Å². The van der Waals surface area contributed by atoms with E-state index in [1.54, 1.807) is 12.1 Å². The topological polar surface area (TPSA) is 78.4 Å². The number of carboxylic acid groups (broad SMARTS) is 1. The van der Waals surface area contributed by atoms with E-state index >= 15 is 0 Å². The molecule has 0 fully saturated rings. The molecule has 1 rings (SSSR count). The van der Waals surface area contributed by atoms with Crippen LogP contribution in [0.15, 0.2) is 24.3 Å². The van der Waals surface area contributed by atoms with Crippen molar-refractivity contribution in [2.45, 2.75) is 27.7 Å². The van der Waals surface area contributed by atoms with Crippen molar-refractivity contribution in [3.05, 3.63) is 29.8 Å². The molecule has 0 aromatic heterocycles. The van der Waals surface area contributed by atoms with Crippen molar-refractivity contribution >= 4 is 17.7 Å². The molecule has 0 saturated carbocycles. The fourth-order valence-electron chi connectivity index (χ4n) is 2.36. The largest absolute Gasteiger partial charge is 0.478 e. The summed E-state index contributed by atoms with van der Waals surface area (Å²) in [4.78, 5) is 22.7. The van der Waals surface area contributed by atoms with Gasteiger partial charge in [-0.15, -0.1) is 0 Å². The van der Waals surface area contributed by atoms with Gasteiger partial charge in [0.2, 0.25) is 0 Å². The van der Waals surface area contributed by atoms with Crippen LogP contribution in [0.1, 0.15) is 38.1 Å². The molecule has 0 atom stereocenters. The molecule has 0 spiro atoms. The van der Waals surface area contributed by atoms with Gasteiger partial charge in [-0.1, -0.05) is 33.8 Å². The average Bonchev–Trinajstić information content (AvgIpc) is 2.38. The van der Waals surface area contributed by atoms with E-state index in [1.807, 2.05) is 0 Å². The molecule has 0 aliphatic heterocycles. The molecule has 116 valence electrons. The Kier molecular flexibility index (Phi) is 6.21. The first-order valence-corrected chi connectivity index (χ1v) is 7.19. The highest BCUT2D eigenvalue weighted by atomic mass is 16.4. The number of amides is 2. The molecule has 0 aliphatic rings. The number of anilines is 1. The Morgan fingerprint density at radius 2 is 1.76 bits per heavy atom. The minimum atomic E-state index is -1.02. The molecule has 3 N–H and O–H groups in total. The van der Waals surface area contributed by atoms with Crippen LogP contribution >= 0.6 is 0 Å². The number of rotatable bonds is 6. The van der Waals surface area contributed by atoms with Gasteiger partial charge in [-0.25, -0.2) is 9.59 Å². The summed E-state index contributed by atoms with van der Waals surface area (Å²) in [6.07, 6.45) is 0. The van der Waals surface area contributed by atoms with Gasteiger partial charge >= 0.3 is 12.0 Å². The van der Waals surface area contributed by atoms with Crippen LogP contribution in [0.25, 0.3) is 0 Å². The number of hydrogen-bond donors (Lipinski definition) is 3. The molecule has 1 aromatic rings. The van der Waals surface area contributed by atoms with Gasteiger partial charge < -0.3 is 15.7 Å². The molecule has 0 aliphatic carbocycles. The first kappa shape index (κ1) is 17.0. The second-order valence-corrected chi connectivity index (χ2v) is 5.87. The van der Waals surface area contributed by atoms with Crippen molar-refractivity contribution in [2.24, 2.45) is 17.8 Å². The lowest BCUT2D eigenvalue weighted by Crippen LogP contribution is -2.36. The van der Waals surface area contributed by atoms with Gasteiger partial charge in [-0.05, 0) is 36.0 Å². The van der Waals surface area contributed by atoms with Crippen LogP contribution in [0.4, 0.5) is 10.5 Å². The van der Waals surface area contributed by atoms with Crippen molar-refractivity contribution in [1.29, 1.82) is 0 Å². The lowest BCUT2D eigenvalue weighted by molar-refractivity contribution is 0.0697. The Morgan fingerprint density at radius 1 is 1.14 bits per heavy atom. The van der Waals surface area contributed by atoms with Gasteiger partial charge in [0.1, 0.15) is 0 Å². The van der Waals surface area contributed by atoms with Crippen molar-refractivity contribution in [2.75, 3.05) is 11.9 Å². The van der Waals surface area contributed by atoms with E-state index in [-0.39, 0.29) is 11.6 Å². The van der Waals surface area contributed by atoms with Crippen LogP contribution in [-0.2, 0) is 0 Å². The first-order chi connectivity index (χ1) is 9.81. The summed E-state index contributed by atoms with van der Waals surface area (Å²) < 4.78 is 0. The third-order valence-corrected chi connectivity index (χ3v) is 3.58. The van der Waals surface area contributed by atoms with Gasteiger partial charge in [-0.2, -0.15) is 0 Å². The van der Waals surface area contributed by atoms with Gasteiger partial charge in [-0.3, -0.25) is 0 Å². The molecule has 1 aromatic carbocycles. The average molecular weight is 292 g/mol. The highest BCUT2D eigenvalue weighted by molar-refractivity contribution is 5.93. The van der Waals surface area contributed by atoms with Crippen molar-refractivity contribution in [3.8, 4) is 0 Å². The van der Waals surface area contributed by atoms with Crippen molar-refractivity contribution in [3.63, 3.8) is 0 Å². The third-order valence-electron chi connectivity index (χ3n) is 3.58. The number of benzene rings is 1. The second kappa shape index (κ2) is 7.67. The summed E-state index contributed by atoms with van der Waals surface area (Å²) in [7, 11) is 0. The van der Waals surface area contributed by atoms with E-state index in [0.29, 0.717) is 30.0 Å². The van der Waals surface area contributed by atoms with Crippen LogP contribution in [0.2, 0.25) is 0 Å². The molecule has 0 unspecified atom stereocenters. The van der Waals surface area contributed by atoms with E-state index in [2.05, 4.69) is 38.3 Å². The highest BCUT2D eigenvalue weighted by Crippen LogP contribution is 2.19. The maximum atomic E-state index is 11.9. The zero-order valence-electron chi connectivity index (χ0n) is 13.0. The van der Waals surface area contributed by atoms with Crippen LogP contribution in [-0.4, -0.2) is 23.7 Å². The predicted octanol–water partition coefficient (Wildman–Crippen LogP) is 3.43. The molecule has 5 nitrogen and oxygen atoms in total. The Hall–Kier alpha value is -2.04. The number of nitrogens with one attached hydrogen (secondary N) is 2. The molecule has 5 heteroatoms. The van der Waals surface area contributed by atoms with E-state index in [1.165, 1.54) is 12.1 Å². The predicted molar refractivity (Wildman–Crippen MR) is 83.6 cm³/mol. The smallest absolute Gasteiger partial charge is 0.335 e. The molecule has 0 radical (unpaired) electrons. The van der Waals surface area contributed by atoms with E-state index < -0.39 is 5.97 Å². The molecule has 0 bridgehead atoms. The maximum absolute atomic E-state index is 11.9. The van der Waals surface area contributed by atoms with Gasteiger partial charge in [0.15, 0.2) is 0 Å². The van der Waals surface area contributed by atoms with Gasteiger partial charge in [0.25, 0.3) is 0 Å². The van der Waals surface area contributed by atoms with Gasteiger partial charge in [0.05, 0.1) is 5.56 Å². The van der Waals surface area contributed by atoms with Crippen LogP contribution in [0, 0.1) is 17.8 Å². The standard InChI is InChI=1S/C16H24N2O3/c1-10(2)14(11(3)4)9-17-16(21)18-13-7-5-6-12(8-13)15(19)20/h5-8,10-11,14H,9H2,1-4H3,(H,19,20)(H2,17,18,21). The number of carbonyl (C=O) groups is 2. The molecule has 2 amide bonds. The minimum Gasteiger partial charge on any atom is -0.478 e. The van der Waals surface area contributed by atoms with Crippen molar-refractivity contribution in [1.82, 2.24) is 5.32 Å². The molecular weight excluding hydrogens is 268 g/mol. The summed E-state index contributed by atoms with van der Waals surface area (Å²) in [6.45, 7) is 9.15. The first-order valence-electron chi connectivity index (χ1n) is 7.19. The van der Waals surface area contributed by atoms with E-state index in [9.17, 15) is 9.59 Å². The number of urea groups is 1. The quantitative estimate of drug-likeness (QED) is 0.751. The van der Waals surface area contributed by atoms with Gasteiger partial charge in [0, 0.05) is 12.2 Å². The minimum absolute atomic E-state index is 0.148. The number of carbonyl (C=O) groups excluding carboxylic acids is 1. The fourth-order valence-corrected chi connectivity index (χ4v) is 2.36. The molecule has 21 heavy (non-hydrogen) atoms. The summed E-state index contributed by atoms with van der Waals surface area (Å²) in [5, 5.41) is 14.4. The summed E-state index contributed by atoms with van der Waals surface area (Å²) in [5.74, 6) is 0.362. The monoisotopic (exact) mass is 292 g/mol. The zero-order chi connectivity index (χ0) is 16.0. The van der Waals surface area contributed by atoms with Crippen molar-refractivity contribution < 1.29 is 14.7 Å². The Labute approximate surface area is 125 Å². The Balaban J connectivity index is 2.58. The summed E-state index contributed by atoms with van der Waals surface area (Å²) >= 11 is 0. The molecule has 0 heterocycles. The van der Waals surface area contributed by atoms with E-state index in [0.717, 1.165) is 0 Å². The van der Waals surface area contributed by atoms with E-state index in [4.69, 9.17) is 5.11 Å². The zero-order valence-corrected chi connectivity index (χ0v) is 13.0. The fraction of sp³-hybridized carbons (Fsp3) is 0.500. The normalized spacial score (nSPS) is 11.0. The number of hydrogen-bond acceptors (Lipinski definition) is 2. The molecule has 0 saturated heterocycles.